The molecule has 1 aromatic carbocycles. The first kappa shape index (κ1) is 15.1. The maximum absolute atomic E-state index is 13.0. The van der Waals surface area contributed by atoms with E-state index in [0.717, 1.165) is 48.0 Å². The van der Waals surface area contributed by atoms with Crippen LogP contribution in [0.1, 0.15) is 42.2 Å². The van der Waals surface area contributed by atoms with E-state index in [1.54, 1.807) is 0 Å². The smallest absolute Gasteiger partial charge is 0.256 e. The van der Waals surface area contributed by atoms with Crippen molar-refractivity contribution in [2.45, 2.75) is 33.1 Å². The number of H-pyrrole nitrogens is 1. The summed E-state index contributed by atoms with van der Waals surface area (Å²) in [5, 5.41) is 10.7. The van der Waals surface area contributed by atoms with Gasteiger partial charge in [-0.1, -0.05) is 25.1 Å². The molecule has 1 aliphatic heterocycles. The topological polar surface area (TPSA) is 56.3 Å². The minimum absolute atomic E-state index is 0.0842. The second-order valence-electron chi connectivity index (χ2n) is 6.51. The summed E-state index contributed by atoms with van der Waals surface area (Å²) in [5.74, 6) is 0.0842. The number of aromatic amines is 1. The summed E-state index contributed by atoms with van der Waals surface area (Å²) in [5.41, 5.74) is 2.57. The van der Waals surface area contributed by atoms with E-state index in [-0.39, 0.29) is 17.9 Å². The molecular weight excluding hydrogens is 276 g/mol. The van der Waals surface area contributed by atoms with Gasteiger partial charge in [0.15, 0.2) is 0 Å². The molecule has 1 atom stereocenters. The lowest BCUT2D eigenvalue weighted by Gasteiger charge is -2.41. The van der Waals surface area contributed by atoms with Crippen LogP contribution in [-0.2, 0) is 0 Å². The fourth-order valence-electron chi connectivity index (χ4n) is 3.62. The van der Waals surface area contributed by atoms with Crippen LogP contribution in [0.25, 0.3) is 10.9 Å². The minimum atomic E-state index is -0.131. The number of hydrogen-bond acceptors (Lipinski definition) is 2. The van der Waals surface area contributed by atoms with Gasteiger partial charge in [0.2, 0.25) is 0 Å². The van der Waals surface area contributed by atoms with E-state index in [1.165, 1.54) is 0 Å². The molecule has 0 spiro atoms. The van der Waals surface area contributed by atoms with Crippen LogP contribution in [0.3, 0.4) is 0 Å². The van der Waals surface area contributed by atoms with Crippen LogP contribution in [0.5, 0.6) is 0 Å². The van der Waals surface area contributed by atoms with Crippen LogP contribution >= 0.6 is 0 Å². The van der Waals surface area contributed by atoms with Crippen LogP contribution in [-0.4, -0.2) is 40.6 Å². The largest absolute Gasteiger partial charge is 0.396 e. The summed E-state index contributed by atoms with van der Waals surface area (Å²) in [6.07, 6.45) is 2.86. The van der Waals surface area contributed by atoms with Crippen molar-refractivity contribution < 1.29 is 9.90 Å². The maximum Gasteiger partial charge on any atom is 0.256 e. The zero-order valence-electron chi connectivity index (χ0n) is 13.4. The molecule has 4 heteroatoms. The monoisotopic (exact) mass is 300 g/mol. The van der Waals surface area contributed by atoms with Gasteiger partial charge in [0.1, 0.15) is 0 Å². The van der Waals surface area contributed by atoms with Crippen LogP contribution < -0.4 is 0 Å². The molecule has 1 fully saturated rings. The van der Waals surface area contributed by atoms with E-state index in [4.69, 9.17) is 0 Å². The van der Waals surface area contributed by atoms with Crippen molar-refractivity contribution in [3.63, 3.8) is 0 Å². The van der Waals surface area contributed by atoms with Crippen molar-refractivity contribution in [3.05, 3.63) is 35.5 Å². The highest BCUT2D eigenvalue weighted by molar-refractivity contribution is 6.08. The quantitative estimate of drug-likeness (QED) is 0.915. The molecule has 2 heterocycles. The van der Waals surface area contributed by atoms with Gasteiger partial charge in [-0.25, -0.2) is 0 Å². The van der Waals surface area contributed by atoms with E-state index >= 15 is 0 Å². The van der Waals surface area contributed by atoms with Crippen LogP contribution in [0, 0.1) is 12.3 Å². The third kappa shape index (κ3) is 2.41. The molecular formula is C18H24N2O2. The fraction of sp³-hybridized carbons (Fsp3) is 0.500. The number of rotatable bonds is 3. The first-order chi connectivity index (χ1) is 10.6. The lowest BCUT2D eigenvalue weighted by molar-refractivity contribution is 0.0252. The molecule has 3 rings (SSSR count). The Balaban J connectivity index is 1.94. The molecule has 22 heavy (non-hydrogen) atoms. The van der Waals surface area contributed by atoms with Gasteiger partial charge in [-0.2, -0.15) is 0 Å². The number of likely N-dealkylation sites (tertiary alicyclic amines) is 1. The number of hydrogen-bond donors (Lipinski definition) is 2. The van der Waals surface area contributed by atoms with Gasteiger partial charge in [-0.05, 0) is 32.3 Å². The van der Waals surface area contributed by atoms with Gasteiger partial charge < -0.3 is 15.0 Å². The van der Waals surface area contributed by atoms with Crippen LogP contribution in [0.15, 0.2) is 24.3 Å². The Morgan fingerprint density at radius 2 is 2.18 bits per heavy atom. The summed E-state index contributed by atoms with van der Waals surface area (Å²) in [6.45, 7) is 5.63. The lowest BCUT2D eigenvalue weighted by atomic mass is 9.78. The number of carbonyl (C=O) groups is 1. The normalized spacial score (nSPS) is 22.2. The number of aliphatic hydroxyl groups is 1. The van der Waals surface area contributed by atoms with Gasteiger partial charge in [0.25, 0.3) is 5.91 Å². The van der Waals surface area contributed by atoms with Crippen molar-refractivity contribution in [1.29, 1.82) is 0 Å². The predicted molar refractivity (Wildman–Crippen MR) is 88.0 cm³/mol. The summed E-state index contributed by atoms with van der Waals surface area (Å²) in [6, 6.07) is 7.93. The Morgan fingerprint density at radius 1 is 1.41 bits per heavy atom. The van der Waals surface area contributed by atoms with Crippen molar-refractivity contribution in [2.75, 3.05) is 19.7 Å². The number of nitrogens with one attached hydrogen (secondary N) is 1. The standard InChI is InChI=1S/C18H24N2O2/c1-3-18(12-21)9-6-10-20(11-18)17(22)16-13(2)19-15-8-5-4-7-14(15)16/h4-5,7-8,19,21H,3,6,9-12H2,1-2H3. The molecule has 4 nitrogen and oxygen atoms in total. The van der Waals surface area contributed by atoms with Crippen LogP contribution in [0.2, 0.25) is 0 Å². The van der Waals surface area contributed by atoms with E-state index < -0.39 is 0 Å². The Kier molecular flexibility index (Phi) is 3.96. The number of aryl methyl sites for hydroxylation is 1. The third-order valence-electron chi connectivity index (χ3n) is 5.14. The Bertz CT molecular complexity index is 685. The van der Waals surface area contributed by atoms with E-state index in [0.29, 0.717) is 6.54 Å². The summed E-state index contributed by atoms with van der Waals surface area (Å²) < 4.78 is 0. The summed E-state index contributed by atoms with van der Waals surface area (Å²) in [7, 11) is 0. The van der Waals surface area contributed by atoms with E-state index in [2.05, 4.69) is 11.9 Å². The molecule has 2 aromatic rings. The fourth-order valence-corrected chi connectivity index (χ4v) is 3.62. The van der Waals surface area contributed by atoms with E-state index in [1.807, 2.05) is 36.1 Å². The molecule has 118 valence electrons. The number of nitrogens with zero attached hydrogens (tertiary/aromatic N) is 1. The van der Waals surface area contributed by atoms with Gasteiger partial charge in [0, 0.05) is 35.1 Å². The van der Waals surface area contributed by atoms with Crippen molar-refractivity contribution in [2.24, 2.45) is 5.41 Å². The van der Waals surface area contributed by atoms with Gasteiger partial charge in [-0.3, -0.25) is 4.79 Å². The average molecular weight is 300 g/mol. The summed E-state index contributed by atoms with van der Waals surface area (Å²) >= 11 is 0. The second-order valence-corrected chi connectivity index (χ2v) is 6.51. The molecule has 1 saturated heterocycles. The molecule has 0 saturated carbocycles. The maximum atomic E-state index is 13.0. The third-order valence-corrected chi connectivity index (χ3v) is 5.14. The lowest BCUT2D eigenvalue weighted by Crippen LogP contribution is -2.47. The predicted octanol–water partition coefficient (Wildman–Crippen LogP) is 3.10. The van der Waals surface area contributed by atoms with Crippen LogP contribution in [0.4, 0.5) is 0 Å². The highest BCUT2D eigenvalue weighted by atomic mass is 16.3. The SMILES string of the molecule is CCC1(CO)CCCN(C(=O)c2c(C)[nH]c3ccccc23)C1. The molecule has 1 unspecified atom stereocenters. The van der Waals surface area contributed by atoms with Crippen molar-refractivity contribution in [3.8, 4) is 0 Å². The number of piperidine rings is 1. The number of carbonyl (C=O) groups excluding carboxylic acids is 1. The molecule has 0 radical (unpaired) electrons. The number of para-hydroxylation sites is 1. The number of fused-ring (bicyclic) bond motifs is 1. The second kappa shape index (κ2) is 5.76. The number of aliphatic hydroxyl groups excluding tert-OH is 1. The highest BCUT2D eigenvalue weighted by Crippen LogP contribution is 2.34. The average Bonchev–Trinajstić information content (AvgIpc) is 2.90. The molecule has 0 bridgehead atoms. The molecule has 1 aliphatic rings. The Hall–Kier alpha value is -1.81. The summed E-state index contributed by atoms with van der Waals surface area (Å²) in [4.78, 5) is 18.3. The molecule has 0 aliphatic carbocycles. The number of amides is 1. The van der Waals surface area contributed by atoms with Crippen molar-refractivity contribution in [1.82, 2.24) is 9.88 Å². The first-order valence-corrected chi connectivity index (χ1v) is 8.08. The van der Waals surface area contributed by atoms with Crippen molar-refractivity contribution >= 4 is 16.8 Å². The number of benzene rings is 1. The van der Waals surface area contributed by atoms with Gasteiger partial charge >= 0.3 is 0 Å². The Labute approximate surface area is 131 Å². The zero-order chi connectivity index (χ0) is 15.7. The van der Waals surface area contributed by atoms with Gasteiger partial charge in [0.05, 0.1) is 12.2 Å². The van der Waals surface area contributed by atoms with Gasteiger partial charge in [-0.15, -0.1) is 0 Å². The molecule has 2 N–H and O–H groups in total. The first-order valence-electron chi connectivity index (χ1n) is 8.08. The number of aromatic nitrogens is 1. The highest BCUT2D eigenvalue weighted by Gasteiger charge is 2.36. The Morgan fingerprint density at radius 3 is 2.91 bits per heavy atom. The minimum Gasteiger partial charge on any atom is -0.396 e. The molecule has 1 amide bonds. The zero-order valence-corrected chi connectivity index (χ0v) is 13.4. The molecule has 1 aromatic heterocycles. The van der Waals surface area contributed by atoms with E-state index in [9.17, 15) is 9.90 Å².